The van der Waals surface area contributed by atoms with Crippen LogP contribution in [0.4, 0.5) is 0 Å². The van der Waals surface area contributed by atoms with Gasteiger partial charge in [-0.05, 0) is 12.1 Å². The second-order valence-corrected chi connectivity index (χ2v) is 2.36. The first kappa shape index (κ1) is 7.84. The lowest BCUT2D eigenvalue weighted by Gasteiger charge is -1.96. The first-order chi connectivity index (χ1) is 5.29. The Morgan fingerprint density at radius 2 is 2.18 bits per heavy atom. The van der Waals surface area contributed by atoms with Crippen LogP contribution in [0, 0.1) is 17.4 Å². The van der Waals surface area contributed by atoms with E-state index in [9.17, 15) is 0 Å². The van der Waals surface area contributed by atoms with Crippen LogP contribution in [0.25, 0.3) is 0 Å². The molecule has 0 bridgehead atoms. The number of nitriles is 1. The van der Waals surface area contributed by atoms with Crippen LogP contribution < -0.4 is 0 Å². The van der Waals surface area contributed by atoms with Gasteiger partial charge in [0.1, 0.15) is 6.07 Å². The molecule has 0 heterocycles. The SMILES string of the molecule is C=[C]c1cccc(Cl)c1C#N. The predicted molar refractivity (Wildman–Crippen MR) is 44.1 cm³/mol. The van der Waals surface area contributed by atoms with Gasteiger partial charge in [0.25, 0.3) is 0 Å². The molecule has 0 unspecified atom stereocenters. The summed E-state index contributed by atoms with van der Waals surface area (Å²) in [5.41, 5.74) is 1.09. The topological polar surface area (TPSA) is 23.8 Å². The summed E-state index contributed by atoms with van der Waals surface area (Å²) in [5, 5.41) is 9.07. The molecule has 0 N–H and O–H groups in total. The summed E-state index contributed by atoms with van der Waals surface area (Å²) in [5.74, 6) is 0. The van der Waals surface area contributed by atoms with Crippen LogP contribution in [-0.2, 0) is 0 Å². The van der Waals surface area contributed by atoms with Crippen molar-refractivity contribution in [3.05, 3.63) is 47.0 Å². The Labute approximate surface area is 70.5 Å². The summed E-state index contributed by atoms with van der Waals surface area (Å²) in [4.78, 5) is 0. The third-order valence-electron chi connectivity index (χ3n) is 1.32. The zero-order valence-corrected chi connectivity index (χ0v) is 6.52. The fourth-order valence-corrected chi connectivity index (χ4v) is 1.00. The maximum absolute atomic E-state index is 8.63. The second-order valence-electron chi connectivity index (χ2n) is 1.95. The largest absolute Gasteiger partial charge is 0.192 e. The number of nitrogens with zero attached hydrogens (tertiary/aromatic N) is 1. The molecule has 1 rings (SSSR count). The maximum Gasteiger partial charge on any atom is 0.101 e. The summed E-state index contributed by atoms with van der Waals surface area (Å²) in [7, 11) is 0. The van der Waals surface area contributed by atoms with Crippen molar-refractivity contribution in [3.63, 3.8) is 0 Å². The molecule has 1 aromatic carbocycles. The molecule has 0 amide bonds. The van der Waals surface area contributed by atoms with Crippen molar-refractivity contribution in [2.24, 2.45) is 0 Å². The Morgan fingerprint density at radius 3 is 2.64 bits per heavy atom. The standard InChI is InChI=1S/C9H5ClN/c1-2-7-4-3-5-9(10)8(7)6-11/h3-5H,1H2. The summed E-state index contributed by atoms with van der Waals surface area (Å²) in [6.07, 6.45) is 2.63. The number of benzene rings is 1. The van der Waals surface area contributed by atoms with Crippen molar-refractivity contribution < 1.29 is 0 Å². The minimum Gasteiger partial charge on any atom is -0.192 e. The molecule has 0 aliphatic carbocycles. The van der Waals surface area contributed by atoms with E-state index in [1.54, 1.807) is 18.2 Å². The van der Waals surface area contributed by atoms with Gasteiger partial charge < -0.3 is 0 Å². The van der Waals surface area contributed by atoms with Crippen LogP contribution in [0.2, 0.25) is 5.02 Å². The molecule has 0 aromatic heterocycles. The number of halogens is 1. The van der Waals surface area contributed by atoms with Crippen molar-refractivity contribution >= 4 is 11.6 Å². The molecule has 0 saturated heterocycles. The lowest BCUT2D eigenvalue weighted by atomic mass is 10.1. The van der Waals surface area contributed by atoms with E-state index in [4.69, 9.17) is 16.9 Å². The molecule has 0 spiro atoms. The van der Waals surface area contributed by atoms with Crippen molar-refractivity contribution in [1.82, 2.24) is 0 Å². The van der Waals surface area contributed by atoms with Crippen LogP contribution in [-0.4, -0.2) is 0 Å². The molecule has 1 radical (unpaired) electrons. The minimum absolute atomic E-state index is 0.434. The number of hydrogen-bond acceptors (Lipinski definition) is 1. The van der Waals surface area contributed by atoms with E-state index in [0.29, 0.717) is 16.1 Å². The van der Waals surface area contributed by atoms with Crippen molar-refractivity contribution in [2.45, 2.75) is 0 Å². The van der Waals surface area contributed by atoms with E-state index >= 15 is 0 Å². The van der Waals surface area contributed by atoms with E-state index in [0.717, 1.165) is 0 Å². The monoisotopic (exact) mass is 162 g/mol. The molecule has 0 saturated carbocycles. The summed E-state index contributed by atoms with van der Waals surface area (Å²) >= 11 is 5.72. The summed E-state index contributed by atoms with van der Waals surface area (Å²) < 4.78 is 0. The van der Waals surface area contributed by atoms with E-state index in [2.05, 4.69) is 12.7 Å². The van der Waals surface area contributed by atoms with Gasteiger partial charge >= 0.3 is 0 Å². The van der Waals surface area contributed by atoms with Crippen LogP contribution >= 0.6 is 11.6 Å². The molecular formula is C9H5ClN. The normalized spacial score (nSPS) is 8.73. The zero-order chi connectivity index (χ0) is 8.27. The molecular weight excluding hydrogens is 158 g/mol. The number of rotatable bonds is 1. The van der Waals surface area contributed by atoms with E-state index < -0.39 is 0 Å². The molecule has 1 nitrogen and oxygen atoms in total. The van der Waals surface area contributed by atoms with Gasteiger partial charge in [-0.2, -0.15) is 5.26 Å². The minimum atomic E-state index is 0.434. The highest BCUT2D eigenvalue weighted by molar-refractivity contribution is 6.31. The van der Waals surface area contributed by atoms with Gasteiger partial charge in [-0.15, -0.1) is 0 Å². The van der Waals surface area contributed by atoms with Gasteiger partial charge in [0, 0.05) is 5.56 Å². The Balaban J connectivity index is 3.38. The molecule has 2 heteroatoms. The lowest BCUT2D eigenvalue weighted by Crippen LogP contribution is -1.82. The average Bonchev–Trinajstić information content (AvgIpc) is 2.04. The summed E-state index contributed by atoms with van der Waals surface area (Å²) in [6, 6.07) is 7.16. The highest BCUT2D eigenvalue weighted by Crippen LogP contribution is 2.18. The Bertz CT molecular complexity index is 323. The first-order valence-corrected chi connectivity index (χ1v) is 3.39. The quantitative estimate of drug-likeness (QED) is 0.623. The van der Waals surface area contributed by atoms with E-state index in [1.807, 2.05) is 6.07 Å². The smallest absolute Gasteiger partial charge is 0.101 e. The molecule has 53 valence electrons. The van der Waals surface area contributed by atoms with E-state index in [1.165, 1.54) is 0 Å². The van der Waals surface area contributed by atoms with Crippen molar-refractivity contribution in [1.29, 1.82) is 5.26 Å². The zero-order valence-electron chi connectivity index (χ0n) is 5.76. The predicted octanol–water partition coefficient (Wildman–Crippen LogP) is 2.55. The van der Waals surface area contributed by atoms with Gasteiger partial charge in [-0.1, -0.05) is 30.3 Å². The third-order valence-corrected chi connectivity index (χ3v) is 1.63. The van der Waals surface area contributed by atoms with Crippen molar-refractivity contribution in [2.75, 3.05) is 0 Å². The maximum atomic E-state index is 8.63. The second kappa shape index (κ2) is 3.23. The highest BCUT2D eigenvalue weighted by atomic mass is 35.5. The fraction of sp³-hybridized carbons (Fsp3) is 0. The Morgan fingerprint density at radius 1 is 1.45 bits per heavy atom. The van der Waals surface area contributed by atoms with Gasteiger partial charge in [0.2, 0.25) is 0 Å². The lowest BCUT2D eigenvalue weighted by molar-refractivity contribution is 1.45. The number of hydrogen-bond donors (Lipinski definition) is 0. The molecule has 0 atom stereocenters. The van der Waals surface area contributed by atoms with Crippen LogP contribution in [0.1, 0.15) is 11.1 Å². The third kappa shape index (κ3) is 1.42. The fourth-order valence-electron chi connectivity index (χ4n) is 0.785. The molecule has 0 aliphatic heterocycles. The van der Waals surface area contributed by atoms with Crippen LogP contribution in [0.15, 0.2) is 24.8 Å². The van der Waals surface area contributed by atoms with Crippen LogP contribution in [0.3, 0.4) is 0 Å². The average molecular weight is 163 g/mol. The van der Waals surface area contributed by atoms with Crippen molar-refractivity contribution in [3.8, 4) is 6.07 Å². The molecule has 1 aromatic rings. The van der Waals surface area contributed by atoms with Gasteiger partial charge in [0.05, 0.1) is 10.6 Å². The summed E-state index contributed by atoms with van der Waals surface area (Å²) in [6.45, 7) is 3.45. The van der Waals surface area contributed by atoms with Crippen LogP contribution in [0.5, 0.6) is 0 Å². The molecule has 0 aliphatic rings. The van der Waals surface area contributed by atoms with Gasteiger partial charge in [-0.25, -0.2) is 0 Å². The van der Waals surface area contributed by atoms with Gasteiger partial charge in [-0.3, -0.25) is 0 Å². The Kier molecular flexibility index (Phi) is 2.30. The highest BCUT2D eigenvalue weighted by Gasteiger charge is 2.01. The molecule has 0 fully saturated rings. The Hall–Kier alpha value is -1.26. The molecule has 11 heavy (non-hydrogen) atoms. The first-order valence-electron chi connectivity index (χ1n) is 3.01. The van der Waals surface area contributed by atoms with E-state index in [-0.39, 0.29) is 0 Å². The van der Waals surface area contributed by atoms with Gasteiger partial charge in [0.15, 0.2) is 0 Å².